The molecule has 0 heterocycles. The van der Waals surface area contributed by atoms with Crippen molar-refractivity contribution in [2.24, 2.45) is 0 Å². The molecule has 0 aromatic heterocycles. The van der Waals surface area contributed by atoms with E-state index in [4.69, 9.17) is 0 Å². The monoisotopic (exact) mass is 303 g/mol. The number of nitrogens with zero attached hydrogens (tertiary/aromatic N) is 1. The highest BCUT2D eigenvalue weighted by Crippen LogP contribution is 2.14. The number of amides is 1. The van der Waals surface area contributed by atoms with E-state index in [1.807, 2.05) is 0 Å². The van der Waals surface area contributed by atoms with E-state index in [9.17, 15) is 19.3 Å². The van der Waals surface area contributed by atoms with E-state index in [-0.39, 0.29) is 11.6 Å². The summed E-state index contributed by atoms with van der Waals surface area (Å²) in [5, 5.41) is 16.2. The molecular weight excluding hydrogens is 289 g/mol. The summed E-state index contributed by atoms with van der Waals surface area (Å²) in [6, 6.07) is 11.3. The minimum absolute atomic E-state index is 0.0233. The maximum absolute atomic E-state index is 12.7. The van der Waals surface area contributed by atoms with Crippen LogP contribution in [0.3, 0.4) is 0 Å². The SMILES string of the molecule is O=C(NCCNc1ccc([N+](=O)[O-])cc1)c1ccc(F)cc1. The lowest BCUT2D eigenvalue weighted by Crippen LogP contribution is -2.28. The number of rotatable bonds is 6. The highest BCUT2D eigenvalue weighted by molar-refractivity contribution is 5.94. The van der Waals surface area contributed by atoms with Crippen molar-refractivity contribution in [1.82, 2.24) is 5.32 Å². The number of carbonyl (C=O) groups is 1. The molecule has 2 aromatic carbocycles. The summed E-state index contributed by atoms with van der Waals surface area (Å²) in [6.07, 6.45) is 0. The van der Waals surface area contributed by atoms with Crippen molar-refractivity contribution in [3.8, 4) is 0 Å². The van der Waals surface area contributed by atoms with E-state index in [1.54, 1.807) is 12.1 Å². The van der Waals surface area contributed by atoms with E-state index in [0.29, 0.717) is 18.7 Å². The van der Waals surface area contributed by atoms with Crippen LogP contribution in [0.25, 0.3) is 0 Å². The van der Waals surface area contributed by atoms with Gasteiger partial charge in [-0.1, -0.05) is 0 Å². The summed E-state index contributed by atoms with van der Waals surface area (Å²) < 4.78 is 12.7. The van der Waals surface area contributed by atoms with Gasteiger partial charge >= 0.3 is 0 Å². The Morgan fingerprint density at radius 1 is 1.05 bits per heavy atom. The zero-order chi connectivity index (χ0) is 15.9. The van der Waals surface area contributed by atoms with Gasteiger partial charge in [0.25, 0.3) is 11.6 Å². The van der Waals surface area contributed by atoms with Crippen molar-refractivity contribution >= 4 is 17.3 Å². The molecule has 0 radical (unpaired) electrons. The standard InChI is InChI=1S/C15H14FN3O3/c16-12-3-1-11(2-4-12)15(20)18-10-9-17-13-5-7-14(8-6-13)19(21)22/h1-8,17H,9-10H2,(H,18,20). The van der Waals surface area contributed by atoms with Crippen LogP contribution >= 0.6 is 0 Å². The van der Waals surface area contributed by atoms with E-state index in [2.05, 4.69) is 10.6 Å². The van der Waals surface area contributed by atoms with E-state index < -0.39 is 10.7 Å². The van der Waals surface area contributed by atoms with Gasteiger partial charge < -0.3 is 10.6 Å². The lowest BCUT2D eigenvalue weighted by molar-refractivity contribution is -0.384. The second kappa shape index (κ2) is 7.16. The number of non-ortho nitro benzene ring substituents is 1. The van der Waals surface area contributed by atoms with Gasteiger partial charge in [-0.3, -0.25) is 14.9 Å². The normalized spacial score (nSPS) is 10.0. The van der Waals surface area contributed by atoms with Crippen LogP contribution in [0.4, 0.5) is 15.8 Å². The molecule has 0 atom stereocenters. The number of nitro groups is 1. The minimum Gasteiger partial charge on any atom is -0.383 e. The van der Waals surface area contributed by atoms with Gasteiger partial charge in [-0.15, -0.1) is 0 Å². The Morgan fingerprint density at radius 3 is 2.27 bits per heavy atom. The number of carbonyl (C=O) groups excluding carboxylic acids is 1. The maximum Gasteiger partial charge on any atom is 0.269 e. The average molecular weight is 303 g/mol. The first-order valence-electron chi connectivity index (χ1n) is 6.58. The molecule has 22 heavy (non-hydrogen) atoms. The molecule has 0 fully saturated rings. The summed E-state index contributed by atoms with van der Waals surface area (Å²) in [7, 11) is 0. The first kappa shape index (κ1) is 15.4. The second-order valence-corrected chi connectivity index (χ2v) is 4.49. The van der Waals surface area contributed by atoms with Gasteiger partial charge in [0.1, 0.15) is 5.82 Å². The molecule has 1 amide bonds. The predicted octanol–water partition coefficient (Wildman–Crippen LogP) is 2.58. The van der Waals surface area contributed by atoms with Crippen molar-refractivity contribution in [3.63, 3.8) is 0 Å². The van der Waals surface area contributed by atoms with Crippen molar-refractivity contribution < 1.29 is 14.1 Å². The molecule has 0 aliphatic heterocycles. The largest absolute Gasteiger partial charge is 0.383 e. The van der Waals surface area contributed by atoms with Gasteiger partial charge in [0.05, 0.1) is 4.92 Å². The van der Waals surface area contributed by atoms with Gasteiger partial charge in [0, 0.05) is 36.5 Å². The third-order valence-corrected chi connectivity index (χ3v) is 2.92. The van der Waals surface area contributed by atoms with E-state index >= 15 is 0 Å². The summed E-state index contributed by atoms with van der Waals surface area (Å²) in [5.41, 5.74) is 1.13. The molecule has 0 saturated heterocycles. The van der Waals surface area contributed by atoms with Crippen LogP contribution in [0.15, 0.2) is 48.5 Å². The Bertz CT molecular complexity index is 657. The molecule has 0 aliphatic carbocycles. The molecule has 0 spiro atoms. The number of anilines is 1. The Morgan fingerprint density at radius 2 is 1.68 bits per heavy atom. The highest BCUT2D eigenvalue weighted by Gasteiger charge is 2.05. The first-order valence-corrected chi connectivity index (χ1v) is 6.58. The van der Waals surface area contributed by atoms with Crippen molar-refractivity contribution in [2.45, 2.75) is 0 Å². The van der Waals surface area contributed by atoms with E-state index in [1.165, 1.54) is 36.4 Å². The fourth-order valence-electron chi connectivity index (χ4n) is 1.79. The molecule has 0 bridgehead atoms. The van der Waals surface area contributed by atoms with Gasteiger partial charge in [-0.2, -0.15) is 0 Å². The fraction of sp³-hybridized carbons (Fsp3) is 0.133. The van der Waals surface area contributed by atoms with Crippen molar-refractivity contribution in [1.29, 1.82) is 0 Å². The zero-order valence-electron chi connectivity index (χ0n) is 11.6. The molecule has 0 aliphatic rings. The number of hydrogen-bond donors (Lipinski definition) is 2. The van der Waals surface area contributed by atoms with Crippen LogP contribution in [-0.4, -0.2) is 23.9 Å². The Hall–Kier alpha value is -2.96. The van der Waals surface area contributed by atoms with Crippen LogP contribution in [0.1, 0.15) is 10.4 Å². The van der Waals surface area contributed by atoms with Crippen molar-refractivity contribution in [3.05, 3.63) is 70.0 Å². The topological polar surface area (TPSA) is 84.3 Å². The zero-order valence-corrected chi connectivity index (χ0v) is 11.6. The number of benzene rings is 2. The summed E-state index contributed by atoms with van der Waals surface area (Å²) in [5.74, 6) is -0.679. The number of hydrogen-bond acceptors (Lipinski definition) is 4. The quantitative estimate of drug-likeness (QED) is 0.488. The van der Waals surface area contributed by atoms with Gasteiger partial charge in [-0.25, -0.2) is 4.39 Å². The lowest BCUT2D eigenvalue weighted by Gasteiger charge is -2.08. The lowest BCUT2D eigenvalue weighted by atomic mass is 10.2. The Labute approximate surface area is 126 Å². The molecule has 0 saturated carbocycles. The number of nitro benzene ring substituents is 1. The minimum atomic E-state index is -0.466. The number of halogens is 1. The number of nitrogens with one attached hydrogen (secondary N) is 2. The highest BCUT2D eigenvalue weighted by atomic mass is 19.1. The summed E-state index contributed by atoms with van der Waals surface area (Å²) >= 11 is 0. The van der Waals surface area contributed by atoms with Gasteiger partial charge in [0.2, 0.25) is 0 Å². The summed E-state index contributed by atoms with van der Waals surface area (Å²) in [6.45, 7) is 0.831. The molecule has 6 nitrogen and oxygen atoms in total. The third-order valence-electron chi connectivity index (χ3n) is 2.92. The van der Waals surface area contributed by atoms with Crippen LogP contribution in [0, 0.1) is 15.9 Å². The van der Waals surface area contributed by atoms with Crippen molar-refractivity contribution in [2.75, 3.05) is 18.4 Å². The van der Waals surface area contributed by atoms with Crippen LogP contribution in [-0.2, 0) is 0 Å². The third kappa shape index (κ3) is 4.27. The Kier molecular flexibility index (Phi) is 5.02. The molecule has 7 heteroatoms. The summed E-state index contributed by atoms with van der Waals surface area (Å²) in [4.78, 5) is 21.8. The first-order chi connectivity index (χ1) is 10.6. The second-order valence-electron chi connectivity index (χ2n) is 4.49. The molecule has 114 valence electrons. The van der Waals surface area contributed by atoms with Gasteiger partial charge in [-0.05, 0) is 36.4 Å². The maximum atomic E-state index is 12.7. The fourth-order valence-corrected chi connectivity index (χ4v) is 1.79. The molecular formula is C15H14FN3O3. The predicted molar refractivity (Wildman–Crippen MR) is 80.3 cm³/mol. The molecule has 2 N–H and O–H groups in total. The molecule has 2 rings (SSSR count). The van der Waals surface area contributed by atoms with Crippen LogP contribution < -0.4 is 10.6 Å². The molecule has 2 aromatic rings. The van der Waals surface area contributed by atoms with E-state index in [0.717, 1.165) is 5.69 Å². The Balaban J connectivity index is 1.75. The average Bonchev–Trinajstić information content (AvgIpc) is 2.52. The van der Waals surface area contributed by atoms with Crippen LogP contribution in [0.5, 0.6) is 0 Å². The molecule has 0 unspecified atom stereocenters. The van der Waals surface area contributed by atoms with Crippen LogP contribution in [0.2, 0.25) is 0 Å². The van der Waals surface area contributed by atoms with Gasteiger partial charge in [0.15, 0.2) is 0 Å². The smallest absolute Gasteiger partial charge is 0.269 e.